The Morgan fingerprint density at radius 2 is 2.10 bits per heavy atom. The number of carbonyl (C=O) groups is 1. The van der Waals surface area contributed by atoms with Crippen molar-refractivity contribution >= 4 is 14.2 Å². The van der Waals surface area contributed by atoms with E-state index in [4.69, 9.17) is 10.00 Å². The van der Waals surface area contributed by atoms with E-state index in [0.29, 0.717) is 0 Å². The molecular formula is C3H7O5PTh. The second-order valence-electron chi connectivity index (χ2n) is 1.26. The summed E-state index contributed by atoms with van der Waals surface area (Å²) in [6.07, 6.45) is -0.239. The van der Waals surface area contributed by atoms with Crippen molar-refractivity contribution in [2.75, 3.05) is 6.61 Å². The summed E-state index contributed by atoms with van der Waals surface area (Å²) in [5.41, 5.74) is 0. The van der Waals surface area contributed by atoms with Gasteiger partial charge in [0.15, 0.2) is 0 Å². The Morgan fingerprint density at radius 3 is 2.40 bits per heavy atom. The van der Waals surface area contributed by atoms with Gasteiger partial charge in [-0.05, 0) is 0 Å². The molecule has 0 aliphatic heterocycles. The first-order valence-electron chi connectivity index (χ1n) is 2.20. The Bertz CT molecular complexity index is 112. The van der Waals surface area contributed by atoms with Crippen molar-refractivity contribution in [1.29, 1.82) is 0 Å². The molecule has 2 N–H and O–H groups in total. The first-order chi connectivity index (χ1) is 4.13. The first-order valence-corrected chi connectivity index (χ1v) is 3.47. The largest absolute Gasteiger partial charge is 0.481 e. The summed E-state index contributed by atoms with van der Waals surface area (Å²) in [5.74, 6) is -1.04. The van der Waals surface area contributed by atoms with Crippen molar-refractivity contribution in [1.82, 2.24) is 0 Å². The van der Waals surface area contributed by atoms with Crippen LogP contribution in [0.4, 0.5) is 0 Å². The smallest absolute Gasteiger partial charge is 0.316 e. The molecule has 7 heteroatoms. The van der Waals surface area contributed by atoms with Gasteiger partial charge in [-0.25, -0.2) is 0 Å². The van der Waals surface area contributed by atoms with Crippen molar-refractivity contribution in [3.8, 4) is 0 Å². The van der Waals surface area contributed by atoms with E-state index in [1.165, 1.54) is 0 Å². The molecule has 0 rings (SSSR count). The van der Waals surface area contributed by atoms with Gasteiger partial charge >= 0.3 is 14.2 Å². The zero-order valence-corrected chi connectivity index (χ0v) is 10.1. The van der Waals surface area contributed by atoms with Crippen LogP contribution in [0.1, 0.15) is 6.42 Å². The van der Waals surface area contributed by atoms with Crippen molar-refractivity contribution in [3.63, 3.8) is 0 Å². The van der Waals surface area contributed by atoms with Crippen LogP contribution in [-0.2, 0) is 13.9 Å². The minimum absolute atomic E-state index is 0. The molecule has 0 aliphatic rings. The maximum atomic E-state index is 9.75. The normalized spacial score (nSPS) is 11.7. The predicted octanol–water partition coefficient (Wildman–Crippen LogP) is -0.140. The molecule has 0 saturated carbocycles. The molecule has 0 aliphatic carbocycles. The van der Waals surface area contributed by atoms with Crippen LogP contribution >= 0.6 is 8.25 Å². The third-order valence-electron chi connectivity index (χ3n) is 0.541. The molecule has 1 unspecified atom stereocenters. The van der Waals surface area contributed by atoms with Crippen molar-refractivity contribution in [2.45, 2.75) is 6.42 Å². The fourth-order valence-electron chi connectivity index (χ4n) is 0.226. The molecule has 0 spiro atoms. The minimum Gasteiger partial charge on any atom is -0.481 e. The van der Waals surface area contributed by atoms with Crippen molar-refractivity contribution in [2.24, 2.45) is 0 Å². The Balaban J connectivity index is 0. The average molecular weight is 386 g/mol. The van der Waals surface area contributed by atoms with E-state index < -0.39 is 14.2 Å². The van der Waals surface area contributed by atoms with Crippen molar-refractivity contribution in [3.05, 3.63) is 0 Å². The summed E-state index contributed by atoms with van der Waals surface area (Å²) < 4.78 is 13.8. The summed E-state index contributed by atoms with van der Waals surface area (Å²) >= 11 is 0. The molecule has 0 aromatic rings. The van der Waals surface area contributed by atoms with Crippen molar-refractivity contribution < 1.29 is 63.8 Å². The van der Waals surface area contributed by atoms with Gasteiger partial charge in [-0.3, -0.25) is 9.36 Å². The van der Waals surface area contributed by atoms with E-state index in [2.05, 4.69) is 4.52 Å². The van der Waals surface area contributed by atoms with E-state index in [1.54, 1.807) is 0 Å². The average Bonchev–Trinajstić information content (AvgIpc) is 1.63. The third-order valence-corrected chi connectivity index (χ3v) is 0.993. The van der Waals surface area contributed by atoms with Crippen LogP contribution < -0.4 is 0 Å². The van der Waals surface area contributed by atoms with Crippen LogP contribution in [0.3, 0.4) is 0 Å². The predicted molar refractivity (Wildman–Crippen MR) is 29.4 cm³/mol. The summed E-state index contributed by atoms with van der Waals surface area (Å²) in [7, 11) is -2.94. The third kappa shape index (κ3) is 11.7. The van der Waals surface area contributed by atoms with Gasteiger partial charge in [0.25, 0.3) is 0 Å². The zero-order chi connectivity index (χ0) is 7.28. The number of carboxylic acids is 1. The van der Waals surface area contributed by atoms with Crippen LogP contribution in [0.2, 0.25) is 0 Å². The summed E-state index contributed by atoms with van der Waals surface area (Å²) in [6.45, 7) is -0.205. The second-order valence-corrected chi connectivity index (χ2v) is 2.08. The summed E-state index contributed by atoms with van der Waals surface area (Å²) in [6, 6.07) is 0. The van der Waals surface area contributed by atoms with E-state index in [0.717, 1.165) is 0 Å². The van der Waals surface area contributed by atoms with Gasteiger partial charge in [-0.15, -0.1) is 0 Å². The molecular weight excluding hydrogens is 379 g/mol. The second kappa shape index (κ2) is 8.05. The Morgan fingerprint density at radius 1 is 1.60 bits per heavy atom. The van der Waals surface area contributed by atoms with E-state index in [9.17, 15) is 9.36 Å². The van der Waals surface area contributed by atoms with Crippen LogP contribution in [0.15, 0.2) is 0 Å². The molecule has 0 saturated heterocycles. The van der Waals surface area contributed by atoms with E-state index in [1.807, 2.05) is 0 Å². The Labute approximate surface area is 90.4 Å². The molecule has 0 amide bonds. The fourth-order valence-corrected chi connectivity index (χ4v) is 0.502. The van der Waals surface area contributed by atoms with Gasteiger partial charge in [0, 0.05) is 39.9 Å². The molecule has 5 nitrogen and oxygen atoms in total. The Kier molecular flexibility index (Phi) is 10.9. The summed E-state index contributed by atoms with van der Waals surface area (Å²) in [5, 5.41) is 7.97. The first kappa shape index (κ1) is 13.5. The number of hydrogen-bond acceptors (Lipinski definition) is 3. The SMILES string of the molecule is O=C(O)CCO[PH](=O)O.[Th]. The van der Waals surface area contributed by atoms with E-state index in [-0.39, 0.29) is 53.0 Å². The standard InChI is InChI=1S/C3H7O5P.Th/c4-3(5)1-2-8-9(6)7;/h9H,1-2H2,(H,4,5)(H,6,7);. The number of hydrogen-bond donors (Lipinski definition) is 2. The number of carboxylic acid groups (broad SMARTS) is 1. The van der Waals surface area contributed by atoms with Gasteiger partial charge in [0.2, 0.25) is 0 Å². The van der Waals surface area contributed by atoms with Gasteiger partial charge in [0.05, 0.1) is 13.0 Å². The van der Waals surface area contributed by atoms with Crippen LogP contribution in [-0.4, -0.2) is 22.6 Å². The molecule has 0 heterocycles. The number of aliphatic carboxylic acids is 1. The van der Waals surface area contributed by atoms with Crippen LogP contribution in [0.5, 0.6) is 0 Å². The maximum Gasteiger partial charge on any atom is 0.316 e. The summed E-state index contributed by atoms with van der Waals surface area (Å²) in [4.78, 5) is 17.7. The van der Waals surface area contributed by atoms with Crippen LogP contribution in [0, 0.1) is 39.9 Å². The van der Waals surface area contributed by atoms with Gasteiger partial charge < -0.3 is 14.5 Å². The molecule has 0 aromatic heterocycles. The van der Waals surface area contributed by atoms with Gasteiger partial charge in [-0.2, -0.15) is 0 Å². The molecule has 0 bridgehead atoms. The molecule has 10 heavy (non-hydrogen) atoms. The number of rotatable bonds is 4. The Hall–Kier alpha value is 0.945. The fraction of sp³-hybridized carbons (Fsp3) is 0.667. The molecule has 1 atom stereocenters. The van der Waals surface area contributed by atoms with Crippen LogP contribution in [0.25, 0.3) is 0 Å². The zero-order valence-electron chi connectivity index (χ0n) is 5.03. The van der Waals surface area contributed by atoms with Gasteiger partial charge in [-0.1, -0.05) is 0 Å². The maximum absolute atomic E-state index is 9.75. The molecule has 0 radical (unpaired) electrons. The molecule has 58 valence electrons. The minimum atomic E-state index is -2.94. The molecule has 0 fully saturated rings. The van der Waals surface area contributed by atoms with Gasteiger partial charge in [0.1, 0.15) is 0 Å². The molecule has 0 aromatic carbocycles. The van der Waals surface area contributed by atoms with E-state index >= 15 is 0 Å². The quantitative estimate of drug-likeness (QED) is 0.658. The topological polar surface area (TPSA) is 83.8 Å². The monoisotopic (exact) mass is 386 g/mol.